The SMILES string of the molecule is C[C@@H](COc1cc2oc(-c3cc(F)c(OCC4CC4)c(F)c3)nc2cn1)NC(=O)N1CCC1. The van der Waals surface area contributed by atoms with Crippen LogP contribution in [0.3, 0.4) is 0 Å². The average molecular weight is 458 g/mol. The first-order chi connectivity index (χ1) is 16.0. The summed E-state index contributed by atoms with van der Waals surface area (Å²) in [5.41, 5.74) is 0.943. The van der Waals surface area contributed by atoms with Gasteiger partial charge in [-0.05, 0) is 44.2 Å². The molecule has 3 heterocycles. The van der Waals surface area contributed by atoms with Crippen molar-refractivity contribution in [2.75, 3.05) is 26.3 Å². The number of pyridine rings is 1. The van der Waals surface area contributed by atoms with Crippen molar-refractivity contribution in [3.05, 3.63) is 36.0 Å². The van der Waals surface area contributed by atoms with Crippen LogP contribution in [0.1, 0.15) is 26.2 Å². The molecule has 5 rings (SSSR count). The van der Waals surface area contributed by atoms with Crippen LogP contribution in [-0.4, -0.2) is 53.2 Å². The number of nitrogens with zero attached hydrogens (tertiary/aromatic N) is 3. The van der Waals surface area contributed by atoms with Crippen molar-refractivity contribution in [2.24, 2.45) is 5.92 Å². The van der Waals surface area contributed by atoms with Crippen LogP contribution in [0.5, 0.6) is 11.6 Å². The Balaban J connectivity index is 1.25. The molecule has 174 valence electrons. The maximum absolute atomic E-state index is 14.4. The summed E-state index contributed by atoms with van der Waals surface area (Å²) in [4.78, 5) is 22.1. The third-order valence-corrected chi connectivity index (χ3v) is 5.65. The van der Waals surface area contributed by atoms with Crippen molar-refractivity contribution >= 4 is 17.1 Å². The van der Waals surface area contributed by atoms with Crippen LogP contribution >= 0.6 is 0 Å². The molecule has 2 fully saturated rings. The number of halogens is 2. The zero-order valence-electron chi connectivity index (χ0n) is 18.1. The van der Waals surface area contributed by atoms with E-state index in [2.05, 4.69) is 15.3 Å². The zero-order chi connectivity index (χ0) is 22.9. The molecule has 3 aromatic rings. The number of benzene rings is 1. The number of likely N-dealkylation sites (tertiary alicyclic amines) is 1. The molecule has 1 aliphatic carbocycles. The quantitative estimate of drug-likeness (QED) is 0.546. The number of amides is 2. The number of fused-ring (bicyclic) bond motifs is 1. The molecule has 1 aromatic carbocycles. The van der Waals surface area contributed by atoms with Crippen molar-refractivity contribution in [1.82, 2.24) is 20.2 Å². The number of ether oxygens (including phenoxy) is 2. The van der Waals surface area contributed by atoms with Crippen LogP contribution in [0, 0.1) is 17.6 Å². The minimum absolute atomic E-state index is 0.0608. The summed E-state index contributed by atoms with van der Waals surface area (Å²) in [7, 11) is 0. The third-order valence-electron chi connectivity index (χ3n) is 5.65. The third kappa shape index (κ3) is 4.84. The van der Waals surface area contributed by atoms with Crippen molar-refractivity contribution in [3.8, 4) is 23.1 Å². The second-order valence-corrected chi connectivity index (χ2v) is 8.53. The Hall–Kier alpha value is -3.43. The number of rotatable bonds is 8. The molecule has 1 saturated heterocycles. The molecule has 0 bridgehead atoms. The van der Waals surface area contributed by atoms with Gasteiger partial charge in [-0.3, -0.25) is 0 Å². The van der Waals surface area contributed by atoms with Gasteiger partial charge in [0.25, 0.3) is 0 Å². The smallest absolute Gasteiger partial charge is 0.317 e. The summed E-state index contributed by atoms with van der Waals surface area (Å²) in [6.07, 6.45) is 4.53. The summed E-state index contributed by atoms with van der Waals surface area (Å²) in [6, 6.07) is 3.51. The summed E-state index contributed by atoms with van der Waals surface area (Å²) < 4.78 is 45.5. The monoisotopic (exact) mass is 458 g/mol. The average Bonchev–Trinajstić information content (AvgIpc) is 3.46. The van der Waals surface area contributed by atoms with Crippen LogP contribution in [0.2, 0.25) is 0 Å². The lowest BCUT2D eigenvalue weighted by molar-refractivity contribution is 0.159. The van der Waals surface area contributed by atoms with Crippen molar-refractivity contribution in [3.63, 3.8) is 0 Å². The molecule has 10 heteroatoms. The zero-order valence-corrected chi connectivity index (χ0v) is 18.1. The normalized spacial score (nSPS) is 16.4. The first-order valence-electron chi connectivity index (χ1n) is 11.0. The molecule has 1 aliphatic heterocycles. The minimum atomic E-state index is -0.802. The van der Waals surface area contributed by atoms with Gasteiger partial charge in [0.2, 0.25) is 11.8 Å². The molecule has 2 aromatic heterocycles. The van der Waals surface area contributed by atoms with Crippen LogP contribution < -0.4 is 14.8 Å². The lowest BCUT2D eigenvalue weighted by Crippen LogP contribution is -2.51. The van der Waals surface area contributed by atoms with E-state index in [1.165, 1.54) is 6.20 Å². The maximum atomic E-state index is 14.4. The number of aromatic nitrogens is 2. The molecule has 2 amide bonds. The number of urea groups is 1. The van der Waals surface area contributed by atoms with Crippen LogP contribution in [0.15, 0.2) is 28.8 Å². The summed E-state index contributed by atoms with van der Waals surface area (Å²) in [5, 5.41) is 2.87. The molecule has 0 unspecified atom stereocenters. The number of carbonyl (C=O) groups is 1. The Labute approximate surface area is 188 Å². The highest BCUT2D eigenvalue weighted by atomic mass is 19.1. The Bertz CT molecular complexity index is 1150. The highest BCUT2D eigenvalue weighted by Gasteiger charge is 2.24. The summed E-state index contributed by atoms with van der Waals surface area (Å²) in [5.74, 6) is -1.26. The fourth-order valence-electron chi connectivity index (χ4n) is 3.40. The molecular formula is C23H24F2N4O4. The number of oxazole rings is 1. The first kappa shape index (κ1) is 21.4. The Kier molecular flexibility index (Phi) is 5.74. The number of hydrogen-bond donors (Lipinski definition) is 1. The highest BCUT2D eigenvalue weighted by molar-refractivity contribution is 5.76. The van der Waals surface area contributed by atoms with E-state index < -0.39 is 11.6 Å². The molecule has 1 N–H and O–H groups in total. The maximum Gasteiger partial charge on any atom is 0.317 e. The number of hydrogen-bond acceptors (Lipinski definition) is 6. The Morgan fingerprint density at radius 1 is 1.24 bits per heavy atom. The van der Waals surface area contributed by atoms with E-state index in [1.807, 2.05) is 6.92 Å². The minimum Gasteiger partial charge on any atom is -0.487 e. The van der Waals surface area contributed by atoms with E-state index in [4.69, 9.17) is 13.9 Å². The largest absolute Gasteiger partial charge is 0.487 e. The van der Waals surface area contributed by atoms with Gasteiger partial charge in [0.1, 0.15) is 12.1 Å². The molecular weight excluding hydrogens is 434 g/mol. The lowest BCUT2D eigenvalue weighted by atomic mass is 10.2. The standard InChI is InChI=1S/C23H24F2N4O4/c1-13(27-23(30)29-5-2-6-29)11-31-20-9-19-18(10-26-20)28-22(33-19)15-7-16(24)21(17(25)8-15)32-12-14-3-4-14/h7-10,13-14H,2-6,11-12H2,1H3,(H,27,30)/t13-/m0/s1. The van der Waals surface area contributed by atoms with Gasteiger partial charge in [-0.1, -0.05) is 0 Å². The lowest BCUT2D eigenvalue weighted by Gasteiger charge is -2.32. The van der Waals surface area contributed by atoms with Gasteiger partial charge < -0.3 is 24.1 Å². The van der Waals surface area contributed by atoms with E-state index in [9.17, 15) is 13.6 Å². The number of nitrogens with one attached hydrogen (secondary N) is 1. The van der Waals surface area contributed by atoms with E-state index in [1.54, 1.807) is 11.0 Å². The Morgan fingerprint density at radius 2 is 2.00 bits per heavy atom. The van der Waals surface area contributed by atoms with E-state index in [-0.39, 0.29) is 41.8 Å². The van der Waals surface area contributed by atoms with Gasteiger partial charge in [-0.25, -0.2) is 23.5 Å². The van der Waals surface area contributed by atoms with Gasteiger partial charge in [0.15, 0.2) is 23.0 Å². The first-order valence-corrected chi connectivity index (χ1v) is 11.0. The number of carbonyl (C=O) groups excluding carboxylic acids is 1. The highest BCUT2D eigenvalue weighted by Crippen LogP contribution is 2.34. The van der Waals surface area contributed by atoms with Gasteiger partial charge in [-0.2, -0.15) is 0 Å². The van der Waals surface area contributed by atoms with Crippen molar-refractivity contribution in [1.29, 1.82) is 0 Å². The topological polar surface area (TPSA) is 89.7 Å². The van der Waals surface area contributed by atoms with Crippen LogP contribution in [0.4, 0.5) is 13.6 Å². The summed E-state index contributed by atoms with van der Waals surface area (Å²) in [6.45, 7) is 3.91. The van der Waals surface area contributed by atoms with E-state index in [0.717, 1.165) is 44.5 Å². The fourth-order valence-corrected chi connectivity index (χ4v) is 3.40. The van der Waals surface area contributed by atoms with Crippen LogP contribution in [-0.2, 0) is 0 Å². The van der Waals surface area contributed by atoms with Crippen LogP contribution in [0.25, 0.3) is 22.6 Å². The van der Waals surface area contributed by atoms with Gasteiger partial charge in [0.05, 0.1) is 18.8 Å². The molecule has 33 heavy (non-hydrogen) atoms. The molecule has 0 spiro atoms. The summed E-state index contributed by atoms with van der Waals surface area (Å²) >= 11 is 0. The van der Waals surface area contributed by atoms with E-state index in [0.29, 0.717) is 23.6 Å². The molecule has 1 atom stereocenters. The fraction of sp³-hybridized carbons (Fsp3) is 0.435. The molecule has 1 saturated carbocycles. The van der Waals surface area contributed by atoms with Gasteiger partial charge in [0, 0.05) is 24.7 Å². The predicted octanol–water partition coefficient (Wildman–Crippen LogP) is 4.14. The second kappa shape index (κ2) is 8.84. The molecule has 8 nitrogen and oxygen atoms in total. The van der Waals surface area contributed by atoms with Crippen molar-refractivity contribution in [2.45, 2.75) is 32.2 Å². The van der Waals surface area contributed by atoms with E-state index >= 15 is 0 Å². The Morgan fingerprint density at radius 3 is 2.67 bits per heavy atom. The second-order valence-electron chi connectivity index (χ2n) is 8.53. The van der Waals surface area contributed by atoms with Crippen molar-refractivity contribution < 1.29 is 27.5 Å². The van der Waals surface area contributed by atoms with Gasteiger partial charge >= 0.3 is 6.03 Å². The molecule has 0 radical (unpaired) electrons. The molecule has 2 aliphatic rings. The predicted molar refractivity (Wildman–Crippen MR) is 115 cm³/mol. The van der Waals surface area contributed by atoms with Gasteiger partial charge in [-0.15, -0.1) is 0 Å².